The molecule has 0 spiro atoms. The first-order valence-corrected chi connectivity index (χ1v) is 6.09. The second kappa shape index (κ2) is 4.06. The minimum atomic E-state index is -0.0361. The number of benzene rings is 1. The van der Waals surface area contributed by atoms with E-state index in [1.165, 1.54) is 12.8 Å². The van der Waals surface area contributed by atoms with Crippen LogP contribution in [0.1, 0.15) is 24.3 Å². The van der Waals surface area contributed by atoms with E-state index in [0.29, 0.717) is 11.8 Å². The summed E-state index contributed by atoms with van der Waals surface area (Å²) < 4.78 is 13.8. The number of anilines is 1. The van der Waals surface area contributed by atoms with Crippen LogP contribution < -0.4 is 10.6 Å². The minimum absolute atomic E-state index is 0.0361. The second-order valence-corrected chi connectivity index (χ2v) is 4.78. The second-order valence-electron chi connectivity index (χ2n) is 4.78. The Bertz CT molecular complexity index is 386. The fourth-order valence-corrected chi connectivity index (χ4v) is 3.04. The number of rotatable bonds is 1. The molecular formula is C13H17FN2. The predicted octanol–water partition coefficient (Wildman–Crippen LogP) is 2.33. The van der Waals surface area contributed by atoms with Crippen LogP contribution in [-0.4, -0.2) is 19.6 Å². The summed E-state index contributed by atoms with van der Waals surface area (Å²) in [5.74, 6) is 0.969. The highest BCUT2D eigenvalue weighted by molar-refractivity contribution is 5.58. The Labute approximate surface area is 95.2 Å². The SMILES string of the molecule is Fc1cccc2c1C(C1CCNCC1)CN2. The Kier molecular flexibility index (Phi) is 2.56. The lowest BCUT2D eigenvalue weighted by Crippen LogP contribution is -2.31. The van der Waals surface area contributed by atoms with Crippen molar-refractivity contribution in [1.29, 1.82) is 0 Å². The molecule has 3 heteroatoms. The standard InChI is InChI=1S/C13H17FN2/c14-11-2-1-3-12-13(11)10(8-16-12)9-4-6-15-7-5-9/h1-3,9-10,15-16H,4-8H2. The van der Waals surface area contributed by atoms with E-state index in [4.69, 9.17) is 0 Å². The predicted molar refractivity (Wildman–Crippen MR) is 63.2 cm³/mol. The highest BCUT2D eigenvalue weighted by Gasteiger charge is 2.32. The third-order valence-electron chi connectivity index (χ3n) is 3.89. The molecule has 1 atom stereocenters. The van der Waals surface area contributed by atoms with Gasteiger partial charge in [0.2, 0.25) is 0 Å². The summed E-state index contributed by atoms with van der Waals surface area (Å²) in [6, 6.07) is 5.35. The number of fused-ring (bicyclic) bond motifs is 1. The molecular weight excluding hydrogens is 203 g/mol. The number of hydrogen-bond acceptors (Lipinski definition) is 2. The summed E-state index contributed by atoms with van der Waals surface area (Å²) in [5, 5.41) is 6.69. The van der Waals surface area contributed by atoms with Gasteiger partial charge in [0.25, 0.3) is 0 Å². The first-order chi connectivity index (χ1) is 7.86. The van der Waals surface area contributed by atoms with E-state index in [-0.39, 0.29) is 5.82 Å². The molecule has 0 bridgehead atoms. The summed E-state index contributed by atoms with van der Waals surface area (Å²) in [6.07, 6.45) is 2.33. The van der Waals surface area contributed by atoms with Gasteiger partial charge < -0.3 is 10.6 Å². The van der Waals surface area contributed by atoms with Crippen LogP contribution in [0.3, 0.4) is 0 Å². The molecule has 2 heterocycles. The van der Waals surface area contributed by atoms with Crippen LogP contribution in [0.25, 0.3) is 0 Å². The third-order valence-corrected chi connectivity index (χ3v) is 3.89. The van der Waals surface area contributed by atoms with Gasteiger partial charge in [-0.25, -0.2) is 4.39 Å². The monoisotopic (exact) mass is 220 g/mol. The molecule has 3 rings (SSSR count). The number of hydrogen-bond donors (Lipinski definition) is 2. The van der Waals surface area contributed by atoms with Crippen LogP contribution in [0.15, 0.2) is 18.2 Å². The first kappa shape index (κ1) is 10.1. The molecule has 2 nitrogen and oxygen atoms in total. The molecule has 2 aliphatic heterocycles. The van der Waals surface area contributed by atoms with Gasteiger partial charge in [-0.05, 0) is 44.0 Å². The molecule has 1 unspecified atom stereocenters. The van der Waals surface area contributed by atoms with Crippen molar-refractivity contribution in [3.05, 3.63) is 29.6 Å². The van der Waals surface area contributed by atoms with Crippen LogP contribution in [0.4, 0.5) is 10.1 Å². The van der Waals surface area contributed by atoms with Gasteiger partial charge in [0.15, 0.2) is 0 Å². The summed E-state index contributed by atoms with van der Waals surface area (Å²) in [7, 11) is 0. The lowest BCUT2D eigenvalue weighted by atomic mass is 9.81. The van der Waals surface area contributed by atoms with Crippen LogP contribution >= 0.6 is 0 Å². The van der Waals surface area contributed by atoms with Crippen molar-refractivity contribution in [1.82, 2.24) is 5.32 Å². The maximum absolute atomic E-state index is 13.8. The van der Waals surface area contributed by atoms with Gasteiger partial charge in [-0.3, -0.25) is 0 Å². The maximum atomic E-state index is 13.8. The highest BCUT2D eigenvalue weighted by atomic mass is 19.1. The zero-order chi connectivity index (χ0) is 11.0. The van der Waals surface area contributed by atoms with Crippen molar-refractivity contribution in [3.8, 4) is 0 Å². The summed E-state index contributed by atoms with van der Waals surface area (Å²) in [5.41, 5.74) is 1.93. The molecule has 1 aromatic carbocycles. The van der Waals surface area contributed by atoms with E-state index in [2.05, 4.69) is 10.6 Å². The Morgan fingerprint density at radius 2 is 2.00 bits per heavy atom. The third kappa shape index (κ3) is 1.59. The average molecular weight is 220 g/mol. The van der Waals surface area contributed by atoms with Gasteiger partial charge in [0.1, 0.15) is 5.82 Å². The molecule has 0 aliphatic carbocycles. The van der Waals surface area contributed by atoms with Gasteiger partial charge in [-0.1, -0.05) is 6.07 Å². The van der Waals surface area contributed by atoms with Gasteiger partial charge in [-0.2, -0.15) is 0 Å². The Hall–Kier alpha value is -1.09. The lowest BCUT2D eigenvalue weighted by Gasteiger charge is -2.28. The van der Waals surface area contributed by atoms with Crippen molar-refractivity contribution in [2.24, 2.45) is 5.92 Å². The lowest BCUT2D eigenvalue weighted by molar-refractivity contribution is 0.326. The molecule has 0 radical (unpaired) electrons. The zero-order valence-corrected chi connectivity index (χ0v) is 9.30. The Balaban J connectivity index is 1.89. The fraction of sp³-hybridized carbons (Fsp3) is 0.538. The molecule has 1 fully saturated rings. The van der Waals surface area contributed by atoms with Crippen molar-refractivity contribution in [3.63, 3.8) is 0 Å². The van der Waals surface area contributed by atoms with Gasteiger partial charge in [-0.15, -0.1) is 0 Å². The molecule has 2 N–H and O–H groups in total. The topological polar surface area (TPSA) is 24.1 Å². The number of halogens is 1. The summed E-state index contributed by atoms with van der Waals surface area (Å²) in [4.78, 5) is 0. The van der Waals surface area contributed by atoms with Gasteiger partial charge >= 0.3 is 0 Å². The van der Waals surface area contributed by atoms with Crippen LogP contribution in [0.5, 0.6) is 0 Å². The average Bonchev–Trinajstić information content (AvgIpc) is 2.75. The fourth-order valence-electron chi connectivity index (χ4n) is 3.04. The van der Waals surface area contributed by atoms with Crippen molar-refractivity contribution < 1.29 is 4.39 Å². The normalized spacial score (nSPS) is 25.2. The number of piperidine rings is 1. The maximum Gasteiger partial charge on any atom is 0.128 e. The quantitative estimate of drug-likeness (QED) is 0.759. The van der Waals surface area contributed by atoms with Crippen molar-refractivity contribution in [2.75, 3.05) is 25.0 Å². The highest BCUT2D eigenvalue weighted by Crippen LogP contribution is 2.40. The first-order valence-electron chi connectivity index (χ1n) is 6.09. The minimum Gasteiger partial charge on any atom is -0.384 e. The van der Waals surface area contributed by atoms with E-state index in [1.807, 2.05) is 6.07 Å². The van der Waals surface area contributed by atoms with Gasteiger partial charge in [0, 0.05) is 23.7 Å². The van der Waals surface area contributed by atoms with Gasteiger partial charge in [0.05, 0.1) is 0 Å². The Morgan fingerprint density at radius 3 is 2.81 bits per heavy atom. The molecule has 0 saturated carbocycles. The van der Waals surface area contributed by atoms with Crippen LogP contribution in [0, 0.1) is 11.7 Å². The molecule has 1 saturated heterocycles. The molecule has 16 heavy (non-hydrogen) atoms. The molecule has 1 aromatic rings. The summed E-state index contributed by atoms with van der Waals surface area (Å²) in [6.45, 7) is 3.05. The van der Waals surface area contributed by atoms with E-state index in [9.17, 15) is 4.39 Å². The van der Waals surface area contributed by atoms with E-state index >= 15 is 0 Å². The van der Waals surface area contributed by atoms with E-state index in [1.54, 1.807) is 12.1 Å². The number of nitrogens with one attached hydrogen (secondary N) is 2. The zero-order valence-electron chi connectivity index (χ0n) is 9.30. The molecule has 0 aromatic heterocycles. The van der Waals surface area contributed by atoms with Crippen LogP contribution in [-0.2, 0) is 0 Å². The smallest absolute Gasteiger partial charge is 0.128 e. The Morgan fingerprint density at radius 1 is 1.19 bits per heavy atom. The van der Waals surface area contributed by atoms with Crippen molar-refractivity contribution >= 4 is 5.69 Å². The van der Waals surface area contributed by atoms with Crippen LogP contribution in [0.2, 0.25) is 0 Å². The molecule has 2 aliphatic rings. The van der Waals surface area contributed by atoms with E-state index < -0.39 is 0 Å². The van der Waals surface area contributed by atoms with Crippen molar-refractivity contribution in [2.45, 2.75) is 18.8 Å². The largest absolute Gasteiger partial charge is 0.384 e. The summed E-state index contributed by atoms with van der Waals surface area (Å²) >= 11 is 0. The molecule has 0 amide bonds. The molecule has 86 valence electrons. The van der Waals surface area contributed by atoms with E-state index in [0.717, 1.165) is 30.9 Å².